The summed E-state index contributed by atoms with van der Waals surface area (Å²) < 4.78 is 31.7. The molecule has 0 atom stereocenters. The first-order valence-electron chi connectivity index (χ1n) is 6.49. The fourth-order valence-electron chi connectivity index (χ4n) is 2.21. The van der Waals surface area contributed by atoms with Crippen LogP contribution < -0.4 is 10.5 Å². The molecular weight excluding hydrogens is 296 g/mol. The third-order valence-electron chi connectivity index (χ3n) is 3.47. The molecule has 8 heteroatoms. The zero-order chi connectivity index (χ0) is 15.6. The van der Waals surface area contributed by atoms with Crippen LogP contribution in [0.4, 0.5) is 5.69 Å². The summed E-state index contributed by atoms with van der Waals surface area (Å²) >= 11 is 0. The molecule has 0 aromatic heterocycles. The van der Waals surface area contributed by atoms with Gasteiger partial charge in [0, 0.05) is 12.2 Å². The van der Waals surface area contributed by atoms with E-state index in [0.717, 1.165) is 0 Å². The zero-order valence-electron chi connectivity index (χ0n) is 11.6. The quantitative estimate of drug-likeness (QED) is 0.524. The molecule has 1 aromatic carbocycles. The minimum absolute atomic E-state index is 0.0622. The monoisotopic (exact) mass is 314 g/mol. The molecule has 1 saturated carbocycles. The molecule has 0 spiro atoms. The fraction of sp³-hybridized carbons (Fsp3) is 0.462. The second-order valence-electron chi connectivity index (χ2n) is 5.09. The molecule has 0 heterocycles. The Labute approximate surface area is 123 Å². The van der Waals surface area contributed by atoms with Crippen molar-refractivity contribution in [1.82, 2.24) is 4.72 Å². The molecule has 0 unspecified atom stereocenters. The van der Waals surface area contributed by atoms with E-state index in [1.165, 1.54) is 25.3 Å². The number of aliphatic hydroxyl groups is 1. The minimum Gasteiger partial charge on any atom is -0.465 e. The van der Waals surface area contributed by atoms with Crippen molar-refractivity contribution in [1.29, 1.82) is 0 Å². The molecule has 0 saturated heterocycles. The summed E-state index contributed by atoms with van der Waals surface area (Å²) in [6.45, 7) is 0.217. The molecule has 0 aliphatic heterocycles. The molecular formula is C13H18N2O5S. The van der Waals surface area contributed by atoms with Gasteiger partial charge in [-0.15, -0.1) is 0 Å². The average Bonchev–Trinajstić information content (AvgIpc) is 2.41. The maximum absolute atomic E-state index is 12.3. The van der Waals surface area contributed by atoms with Crippen LogP contribution in [0, 0.1) is 5.92 Å². The first kappa shape index (κ1) is 15.7. The van der Waals surface area contributed by atoms with Crippen molar-refractivity contribution in [2.75, 3.05) is 19.4 Å². The number of benzene rings is 1. The lowest BCUT2D eigenvalue weighted by molar-refractivity contribution is 0.0453. The Bertz CT molecular complexity index is 638. The number of aliphatic hydroxyl groups excluding tert-OH is 1. The van der Waals surface area contributed by atoms with Gasteiger partial charge in [0.05, 0.1) is 23.7 Å². The number of esters is 1. The average molecular weight is 314 g/mol. The number of carbonyl (C=O) groups is 1. The van der Waals surface area contributed by atoms with Crippen LogP contribution in [-0.4, -0.2) is 39.3 Å². The van der Waals surface area contributed by atoms with Crippen molar-refractivity contribution >= 4 is 21.7 Å². The lowest BCUT2D eigenvalue weighted by atomic mass is 9.83. The van der Waals surface area contributed by atoms with E-state index in [0.29, 0.717) is 12.8 Å². The molecule has 7 nitrogen and oxygen atoms in total. The van der Waals surface area contributed by atoms with Gasteiger partial charge in [-0.05, 0) is 37.0 Å². The largest absolute Gasteiger partial charge is 0.465 e. The third-order valence-corrected chi connectivity index (χ3v) is 4.94. The number of ether oxygens (including phenoxy) is 1. The van der Waals surface area contributed by atoms with Crippen molar-refractivity contribution in [2.24, 2.45) is 5.92 Å². The van der Waals surface area contributed by atoms with Gasteiger partial charge in [0.2, 0.25) is 10.0 Å². The summed E-state index contributed by atoms with van der Waals surface area (Å²) in [5.74, 6) is -0.633. The zero-order valence-corrected chi connectivity index (χ0v) is 12.4. The number of nitrogens with two attached hydrogens (primary N) is 1. The van der Waals surface area contributed by atoms with Crippen molar-refractivity contribution in [3.8, 4) is 0 Å². The predicted molar refractivity (Wildman–Crippen MR) is 76.1 cm³/mol. The van der Waals surface area contributed by atoms with Crippen LogP contribution in [-0.2, 0) is 14.8 Å². The normalized spacial score (nSPS) is 21.6. The Morgan fingerprint density at radius 1 is 1.48 bits per heavy atom. The highest BCUT2D eigenvalue weighted by Crippen LogP contribution is 2.27. The first-order valence-corrected chi connectivity index (χ1v) is 7.97. The number of rotatable bonds is 5. The van der Waals surface area contributed by atoms with Gasteiger partial charge in [-0.25, -0.2) is 17.9 Å². The summed E-state index contributed by atoms with van der Waals surface area (Å²) in [7, 11) is -2.69. The van der Waals surface area contributed by atoms with E-state index in [2.05, 4.69) is 9.46 Å². The fourth-order valence-corrected chi connectivity index (χ4v) is 3.56. The number of anilines is 1. The second-order valence-corrected chi connectivity index (χ2v) is 6.83. The molecule has 1 aliphatic carbocycles. The van der Waals surface area contributed by atoms with Gasteiger partial charge < -0.3 is 15.6 Å². The summed E-state index contributed by atoms with van der Waals surface area (Å²) in [6, 6.07) is 3.99. The topological polar surface area (TPSA) is 119 Å². The van der Waals surface area contributed by atoms with Gasteiger partial charge in [0.1, 0.15) is 0 Å². The van der Waals surface area contributed by atoms with Crippen LogP contribution in [0.1, 0.15) is 23.2 Å². The Morgan fingerprint density at radius 2 is 2.14 bits per heavy atom. The summed E-state index contributed by atoms with van der Waals surface area (Å²) in [6.07, 6.45) is 0.796. The van der Waals surface area contributed by atoms with E-state index < -0.39 is 16.0 Å². The number of hydrogen-bond donors (Lipinski definition) is 3. The van der Waals surface area contributed by atoms with E-state index in [1.807, 2.05) is 0 Å². The van der Waals surface area contributed by atoms with Crippen LogP contribution in [0.25, 0.3) is 0 Å². The van der Waals surface area contributed by atoms with Gasteiger partial charge in [0.15, 0.2) is 0 Å². The molecule has 0 radical (unpaired) electrons. The van der Waals surface area contributed by atoms with Crippen molar-refractivity contribution < 1.29 is 23.1 Å². The molecule has 1 fully saturated rings. The van der Waals surface area contributed by atoms with Crippen molar-refractivity contribution in [3.63, 3.8) is 0 Å². The van der Waals surface area contributed by atoms with Crippen LogP contribution in [0.2, 0.25) is 0 Å². The minimum atomic E-state index is -3.87. The summed E-state index contributed by atoms with van der Waals surface area (Å²) in [4.78, 5) is 11.5. The van der Waals surface area contributed by atoms with E-state index >= 15 is 0 Å². The number of nitrogens with one attached hydrogen (secondary N) is 1. The van der Waals surface area contributed by atoms with Gasteiger partial charge in [-0.2, -0.15) is 0 Å². The van der Waals surface area contributed by atoms with Crippen LogP contribution in [0.15, 0.2) is 23.1 Å². The standard InChI is InChI=1S/C13H18N2O5S/c1-20-13(17)11-3-2-9(14)6-12(11)21(18,19)15-7-8-4-10(16)5-8/h2-3,6,8,10,15-16H,4-5,7,14H2,1H3. The SMILES string of the molecule is COC(=O)c1ccc(N)cc1S(=O)(=O)NCC1CC(O)C1. The summed E-state index contributed by atoms with van der Waals surface area (Å²) in [5.41, 5.74) is 5.78. The first-order chi connectivity index (χ1) is 9.83. The number of sulfonamides is 1. The van der Waals surface area contributed by atoms with Gasteiger partial charge in [-0.1, -0.05) is 0 Å². The van der Waals surface area contributed by atoms with Gasteiger partial charge in [-0.3, -0.25) is 0 Å². The molecule has 2 rings (SSSR count). The number of hydrogen-bond acceptors (Lipinski definition) is 6. The van der Waals surface area contributed by atoms with E-state index in [-0.39, 0.29) is 34.7 Å². The molecule has 1 aliphatic rings. The third kappa shape index (κ3) is 3.52. The van der Waals surface area contributed by atoms with Crippen LogP contribution in [0.3, 0.4) is 0 Å². The number of nitrogen functional groups attached to an aromatic ring is 1. The van der Waals surface area contributed by atoms with Crippen molar-refractivity contribution in [2.45, 2.75) is 23.8 Å². The van der Waals surface area contributed by atoms with Crippen LogP contribution >= 0.6 is 0 Å². The Balaban J connectivity index is 2.22. The molecule has 0 bridgehead atoms. The molecule has 116 valence electrons. The van der Waals surface area contributed by atoms with E-state index in [4.69, 9.17) is 5.73 Å². The summed E-state index contributed by atoms with van der Waals surface area (Å²) in [5, 5.41) is 9.20. The highest BCUT2D eigenvalue weighted by atomic mass is 32.2. The smallest absolute Gasteiger partial charge is 0.339 e. The Morgan fingerprint density at radius 3 is 2.71 bits per heavy atom. The maximum Gasteiger partial charge on any atom is 0.339 e. The van der Waals surface area contributed by atoms with E-state index in [1.54, 1.807) is 0 Å². The lowest BCUT2D eigenvalue weighted by Gasteiger charge is -2.31. The second kappa shape index (κ2) is 6.00. The molecule has 4 N–H and O–H groups in total. The Hall–Kier alpha value is -1.64. The van der Waals surface area contributed by atoms with Gasteiger partial charge >= 0.3 is 5.97 Å². The molecule has 0 amide bonds. The number of carbonyl (C=O) groups excluding carboxylic acids is 1. The highest BCUT2D eigenvalue weighted by molar-refractivity contribution is 7.89. The van der Waals surface area contributed by atoms with Gasteiger partial charge in [0.25, 0.3) is 0 Å². The maximum atomic E-state index is 12.3. The van der Waals surface area contributed by atoms with Crippen LogP contribution in [0.5, 0.6) is 0 Å². The predicted octanol–water partition coefficient (Wildman–Crippen LogP) is 0.105. The molecule has 1 aromatic rings. The highest BCUT2D eigenvalue weighted by Gasteiger charge is 2.30. The van der Waals surface area contributed by atoms with E-state index in [9.17, 15) is 18.3 Å². The number of methoxy groups -OCH3 is 1. The lowest BCUT2D eigenvalue weighted by Crippen LogP contribution is -2.38. The molecule has 21 heavy (non-hydrogen) atoms. The Kier molecular flexibility index (Phi) is 4.50. The van der Waals surface area contributed by atoms with Crippen molar-refractivity contribution in [3.05, 3.63) is 23.8 Å².